The van der Waals surface area contributed by atoms with Crippen molar-refractivity contribution in [2.45, 2.75) is 18.5 Å². The molecule has 0 aromatic heterocycles. The van der Waals surface area contributed by atoms with E-state index in [0.29, 0.717) is 6.42 Å². The van der Waals surface area contributed by atoms with E-state index in [4.69, 9.17) is 5.11 Å². The molecule has 0 saturated heterocycles. The van der Waals surface area contributed by atoms with E-state index in [1.165, 1.54) is 0 Å². The number of benzene rings is 2. The highest BCUT2D eigenvalue weighted by atomic mass is 16.3. The van der Waals surface area contributed by atoms with Crippen LogP contribution in [0.3, 0.4) is 0 Å². The summed E-state index contributed by atoms with van der Waals surface area (Å²) in [5.41, 5.74) is 1.99. The maximum atomic E-state index is 9.44. The van der Waals surface area contributed by atoms with Gasteiger partial charge in [-0.2, -0.15) is 0 Å². The predicted octanol–water partition coefficient (Wildman–Crippen LogP) is 2.26. The molecule has 0 aliphatic carbocycles. The number of aromatic hydroxyl groups is 2. The second kappa shape index (κ2) is 6.07. The van der Waals surface area contributed by atoms with Gasteiger partial charge in [0.25, 0.3) is 0 Å². The fraction of sp³-hybridized carbons (Fsp3) is 0.235. The van der Waals surface area contributed by atoms with Gasteiger partial charge in [-0.3, -0.25) is 4.99 Å². The van der Waals surface area contributed by atoms with Crippen LogP contribution in [0.15, 0.2) is 53.5 Å². The summed E-state index contributed by atoms with van der Waals surface area (Å²) in [4.78, 5) is 4.66. The summed E-state index contributed by atoms with van der Waals surface area (Å²) < 4.78 is 0. The van der Waals surface area contributed by atoms with Crippen LogP contribution in [0.4, 0.5) is 0 Å². The lowest BCUT2D eigenvalue weighted by atomic mass is 9.95. The zero-order valence-electron chi connectivity index (χ0n) is 12.0. The van der Waals surface area contributed by atoms with E-state index in [1.807, 2.05) is 24.3 Å². The highest BCUT2D eigenvalue weighted by Gasteiger charge is 2.30. The van der Waals surface area contributed by atoms with Gasteiger partial charge in [-0.15, -0.1) is 0 Å². The molecule has 0 unspecified atom stereocenters. The van der Waals surface area contributed by atoms with Crippen LogP contribution >= 0.6 is 0 Å². The van der Waals surface area contributed by atoms with Crippen LogP contribution < -0.4 is 5.32 Å². The van der Waals surface area contributed by atoms with E-state index in [-0.39, 0.29) is 30.2 Å². The third kappa shape index (κ3) is 2.89. The Morgan fingerprint density at radius 1 is 0.864 bits per heavy atom. The van der Waals surface area contributed by atoms with Gasteiger partial charge in [-0.25, -0.2) is 0 Å². The fourth-order valence-corrected chi connectivity index (χ4v) is 2.67. The third-order valence-electron chi connectivity index (χ3n) is 3.77. The van der Waals surface area contributed by atoms with Gasteiger partial charge in [0.1, 0.15) is 23.4 Å². The summed E-state index contributed by atoms with van der Waals surface area (Å²) in [6.45, 7) is 0.0381. The SMILES string of the molecule is OCCC1=N[C@@H](c2ccc(O)cc2)[C@@H](c2ccc(O)cc2)N1. The molecule has 0 bridgehead atoms. The number of amidine groups is 1. The lowest BCUT2D eigenvalue weighted by Crippen LogP contribution is -2.24. The average molecular weight is 298 g/mol. The summed E-state index contributed by atoms with van der Waals surface area (Å²) >= 11 is 0. The molecule has 1 aliphatic heterocycles. The number of aliphatic hydroxyl groups is 1. The molecule has 5 heteroatoms. The first-order valence-corrected chi connectivity index (χ1v) is 7.19. The van der Waals surface area contributed by atoms with E-state index in [2.05, 4.69) is 10.3 Å². The van der Waals surface area contributed by atoms with Gasteiger partial charge < -0.3 is 20.6 Å². The molecule has 5 nitrogen and oxygen atoms in total. The van der Waals surface area contributed by atoms with Crippen molar-refractivity contribution in [1.29, 1.82) is 0 Å². The Hall–Kier alpha value is -2.53. The van der Waals surface area contributed by atoms with Gasteiger partial charge in [-0.1, -0.05) is 24.3 Å². The van der Waals surface area contributed by atoms with Crippen molar-refractivity contribution >= 4 is 5.84 Å². The molecule has 3 rings (SSSR count). The van der Waals surface area contributed by atoms with E-state index >= 15 is 0 Å². The molecule has 0 radical (unpaired) electrons. The Kier molecular flexibility index (Phi) is 3.98. The molecule has 1 heterocycles. The highest BCUT2D eigenvalue weighted by molar-refractivity contribution is 5.85. The van der Waals surface area contributed by atoms with Crippen LogP contribution in [0.5, 0.6) is 11.5 Å². The molecule has 0 saturated carbocycles. The Morgan fingerprint density at radius 3 is 1.95 bits per heavy atom. The molecule has 2 atom stereocenters. The lowest BCUT2D eigenvalue weighted by molar-refractivity contribution is 0.306. The van der Waals surface area contributed by atoms with E-state index in [0.717, 1.165) is 17.0 Å². The monoisotopic (exact) mass is 298 g/mol. The summed E-state index contributed by atoms with van der Waals surface area (Å²) in [6, 6.07) is 13.8. The fourth-order valence-electron chi connectivity index (χ4n) is 2.67. The number of aliphatic hydroxyl groups excluding tert-OH is 1. The summed E-state index contributed by atoms with van der Waals surface area (Å²) in [5, 5.41) is 31.3. The number of nitrogens with zero attached hydrogens (tertiary/aromatic N) is 1. The van der Waals surface area contributed by atoms with Crippen LogP contribution in [0.1, 0.15) is 29.6 Å². The van der Waals surface area contributed by atoms with E-state index in [1.54, 1.807) is 24.3 Å². The molecular weight excluding hydrogens is 280 g/mol. The highest BCUT2D eigenvalue weighted by Crippen LogP contribution is 2.37. The first-order valence-electron chi connectivity index (χ1n) is 7.19. The van der Waals surface area contributed by atoms with Crippen molar-refractivity contribution in [3.8, 4) is 11.5 Å². The van der Waals surface area contributed by atoms with Gasteiger partial charge in [-0.05, 0) is 35.4 Å². The Morgan fingerprint density at radius 2 is 1.41 bits per heavy atom. The smallest absolute Gasteiger partial charge is 0.115 e. The van der Waals surface area contributed by atoms with Crippen molar-refractivity contribution in [1.82, 2.24) is 5.32 Å². The van der Waals surface area contributed by atoms with Gasteiger partial charge in [0.05, 0.1) is 12.6 Å². The third-order valence-corrected chi connectivity index (χ3v) is 3.77. The van der Waals surface area contributed by atoms with Crippen LogP contribution in [0.25, 0.3) is 0 Å². The molecule has 1 aliphatic rings. The molecule has 0 fully saturated rings. The van der Waals surface area contributed by atoms with Gasteiger partial charge in [0, 0.05) is 6.42 Å². The Bertz CT molecular complexity index is 665. The zero-order valence-corrected chi connectivity index (χ0v) is 12.0. The van der Waals surface area contributed by atoms with E-state index < -0.39 is 0 Å². The summed E-state index contributed by atoms with van der Waals surface area (Å²) in [5.74, 6) is 1.20. The normalized spacial score (nSPS) is 20.5. The van der Waals surface area contributed by atoms with E-state index in [9.17, 15) is 10.2 Å². The van der Waals surface area contributed by atoms with Gasteiger partial charge >= 0.3 is 0 Å². The van der Waals surface area contributed by atoms with Crippen LogP contribution in [0, 0.1) is 0 Å². The summed E-state index contributed by atoms with van der Waals surface area (Å²) in [7, 11) is 0. The maximum absolute atomic E-state index is 9.44. The Balaban J connectivity index is 1.93. The minimum atomic E-state index is -0.133. The standard InChI is InChI=1S/C17H18N2O3/c20-10-9-15-18-16(11-1-5-13(21)6-2-11)17(19-15)12-3-7-14(22)8-4-12/h1-8,16-17,20-22H,9-10H2,(H,18,19)/t16-,17+. The molecule has 114 valence electrons. The van der Waals surface area contributed by atoms with Crippen LogP contribution in [-0.2, 0) is 0 Å². The minimum Gasteiger partial charge on any atom is -0.508 e. The molecule has 0 spiro atoms. The number of rotatable bonds is 4. The second-order valence-electron chi connectivity index (χ2n) is 5.30. The zero-order chi connectivity index (χ0) is 15.5. The van der Waals surface area contributed by atoms with Crippen LogP contribution in [-0.4, -0.2) is 27.8 Å². The Labute approximate surface area is 128 Å². The largest absolute Gasteiger partial charge is 0.508 e. The van der Waals surface area contributed by atoms with Gasteiger partial charge in [0.15, 0.2) is 0 Å². The number of hydrogen-bond acceptors (Lipinski definition) is 5. The van der Waals surface area contributed by atoms with Crippen molar-refractivity contribution in [3.63, 3.8) is 0 Å². The second-order valence-corrected chi connectivity index (χ2v) is 5.30. The van der Waals surface area contributed by atoms with Crippen molar-refractivity contribution in [3.05, 3.63) is 59.7 Å². The number of hydrogen-bond donors (Lipinski definition) is 4. The van der Waals surface area contributed by atoms with Crippen LogP contribution in [0.2, 0.25) is 0 Å². The number of nitrogens with one attached hydrogen (secondary N) is 1. The quantitative estimate of drug-likeness (QED) is 0.697. The average Bonchev–Trinajstić information content (AvgIpc) is 2.93. The van der Waals surface area contributed by atoms with Crippen molar-refractivity contribution in [2.75, 3.05) is 6.61 Å². The topological polar surface area (TPSA) is 85.1 Å². The maximum Gasteiger partial charge on any atom is 0.115 e. The van der Waals surface area contributed by atoms with Crippen molar-refractivity contribution in [2.24, 2.45) is 4.99 Å². The first kappa shape index (κ1) is 14.4. The summed E-state index contributed by atoms with van der Waals surface area (Å²) in [6.07, 6.45) is 0.475. The number of phenolic OH excluding ortho intramolecular Hbond substituents is 2. The predicted molar refractivity (Wildman–Crippen MR) is 84.0 cm³/mol. The first-order chi connectivity index (χ1) is 10.7. The lowest BCUT2D eigenvalue weighted by Gasteiger charge is -2.20. The molecule has 2 aromatic rings. The molecule has 0 amide bonds. The minimum absolute atomic E-state index is 0.0381. The molecule has 2 aromatic carbocycles. The molecule has 4 N–H and O–H groups in total. The molecule has 22 heavy (non-hydrogen) atoms. The number of phenols is 2. The van der Waals surface area contributed by atoms with Gasteiger partial charge in [0.2, 0.25) is 0 Å². The number of aliphatic imine (C=N–C) groups is 1. The molecular formula is C17H18N2O3. The van der Waals surface area contributed by atoms with Crippen molar-refractivity contribution < 1.29 is 15.3 Å².